The molecule has 0 heterocycles. The van der Waals surface area contributed by atoms with Crippen LogP contribution in [0.4, 0.5) is 0 Å². The van der Waals surface area contributed by atoms with Crippen LogP contribution in [0.1, 0.15) is 101 Å². The summed E-state index contributed by atoms with van der Waals surface area (Å²) in [6.07, 6.45) is 8.84. The van der Waals surface area contributed by atoms with Gasteiger partial charge in [-0.25, -0.2) is 0 Å². The predicted molar refractivity (Wildman–Crippen MR) is 93.8 cm³/mol. The fourth-order valence-corrected chi connectivity index (χ4v) is 2.66. The zero-order valence-electron chi connectivity index (χ0n) is 15.2. The molecule has 2 rings (SSSR count). The molecule has 0 amide bonds. The summed E-state index contributed by atoms with van der Waals surface area (Å²) in [6, 6.07) is 0. The minimum absolute atomic E-state index is 0. The molecule has 2 saturated carbocycles. The zero-order valence-corrected chi connectivity index (χ0v) is 19.7. The van der Waals surface area contributed by atoms with Gasteiger partial charge in [-0.1, -0.05) is 101 Å². The fraction of sp³-hybridized carbons (Fsp3) is 1.00. The van der Waals surface area contributed by atoms with E-state index in [-0.39, 0.29) is 49.6 Å². The Hall–Kier alpha value is 1.38. The molecule has 0 aromatic carbocycles. The Morgan fingerprint density at radius 3 is 0.667 bits per heavy atom. The quantitative estimate of drug-likeness (QED) is 0.251. The SMILES string of the molecule is C.CC.CC.CC1CCCC1C.CC1CCCC1C.[Pt].[Pt]. The van der Waals surface area contributed by atoms with Gasteiger partial charge in [-0.3, -0.25) is 0 Å². The second-order valence-electron chi connectivity index (χ2n) is 5.77. The zero-order chi connectivity index (χ0) is 14.6. The third-order valence-electron chi connectivity index (χ3n) is 4.58. The van der Waals surface area contributed by atoms with E-state index in [4.69, 9.17) is 0 Å². The molecule has 0 N–H and O–H groups in total. The number of hydrogen-bond acceptors (Lipinski definition) is 0. The van der Waals surface area contributed by atoms with Crippen molar-refractivity contribution in [1.29, 1.82) is 0 Å². The van der Waals surface area contributed by atoms with Gasteiger partial charge < -0.3 is 0 Å². The number of hydrogen-bond donors (Lipinski definition) is 0. The van der Waals surface area contributed by atoms with E-state index >= 15 is 0 Å². The topological polar surface area (TPSA) is 0 Å². The van der Waals surface area contributed by atoms with E-state index in [0.717, 1.165) is 23.7 Å². The van der Waals surface area contributed by atoms with Crippen molar-refractivity contribution in [2.75, 3.05) is 0 Å². The van der Waals surface area contributed by atoms with E-state index in [1.807, 2.05) is 27.7 Å². The first-order valence-electron chi connectivity index (χ1n) is 8.61. The maximum Gasteiger partial charge on any atom is 0 e. The molecule has 21 heavy (non-hydrogen) atoms. The van der Waals surface area contributed by atoms with Crippen LogP contribution in [-0.2, 0) is 42.1 Å². The molecule has 2 heteroatoms. The van der Waals surface area contributed by atoms with Gasteiger partial charge in [0, 0.05) is 42.1 Å². The van der Waals surface area contributed by atoms with Gasteiger partial charge in [-0.05, 0) is 23.7 Å². The molecule has 2 aliphatic carbocycles. The van der Waals surface area contributed by atoms with Crippen LogP contribution in [-0.4, -0.2) is 0 Å². The van der Waals surface area contributed by atoms with Crippen molar-refractivity contribution >= 4 is 0 Å². The van der Waals surface area contributed by atoms with Crippen molar-refractivity contribution in [3.63, 3.8) is 0 Å². The van der Waals surface area contributed by atoms with Gasteiger partial charge in [0.15, 0.2) is 0 Å². The van der Waals surface area contributed by atoms with Crippen molar-refractivity contribution in [1.82, 2.24) is 0 Å². The monoisotopic (exact) mass is 662 g/mol. The van der Waals surface area contributed by atoms with E-state index < -0.39 is 0 Å². The van der Waals surface area contributed by atoms with E-state index in [1.54, 1.807) is 0 Å². The number of rotatable bonds is 0. The van der Waals surface area contributed by atoms with Crippen LogP contribution in [0.3, 0.4) is 0 Å². The molecule has 0 aliphatic heterocycles. The van der Waals surface area contributed by atoms with Gasteiger partial charge in [0.25, 0.3) is 0 Å². The van der Waals surface area contributed by atoms with Crippen LogP contribution in [0.15, 0.2) is 0 Å². The van der Waals surface area contributed by atoms with Crippen LogP contribution < -0.4 is 0 Å². The summed E-state index contributed by atoms with van der Waals surface area (Å²) >= 11 is 0. The van der Waals surface area contributed by atoms with Crippen LogP contribution in [0.2, 0.25) is 0 Å². The molecular formula is C19H44Pt2. The van der Waals surface area contributed by atoms with Crippen LogP contribution in [0.25, 0.3) is 0 Å². The second kappa shape index (κ2) is 23.6. The van der Waals surface area contributed by atoms with Gasteiger partial charge in [0.05, 0.1) is 0 Å². The Labute approximate surface area is 166 Å². The van der Waals surface area contributed by atoms with Gasteiger partial charge >= 0.3 is 0 Å². The van der Waals surface area contributed by atoms with Gasteiger partial charge in [-0.2, -0.15) is 0 Å². The molecule has 140 valence electrons. The standard InChI is InChI=1S/2C7H14.2C2H6.CH4.2Pt/c2*1-6-4-3-5-7(6)2;2*1-2;;;/h2*6-7H,3-5H2,1-2H3;2*1-2H3;1H4;;. The van der Waals surface area contributed by atoms with Gasteiger partial charge in [0.1, 0.15) is 0 Å². The second-order valence-corrected chi connectivity index (χ2v) is 5.77. The Kier molecular flexibility index (Phi) is 38.1. The molecule has 4 atom stereocenters. The smallest absolute Gasteiger partial charge is 0 e. The van der Waals surface area contributed by atoms with Gasteiger partial charge in [-0.15, -0.1) is 0 Å². The third-order valence-corrected chi connectivity index (χ3v) is 4.58. The molecule has 2 fully saturated rings. The Balaban J connectivity index is -0.0000000589. The molecule has 0 nitrogen and oxygen atoms in total. The Bertz CT molecular complexity index is 126. The maximum absolute atomic E-state index is 2.36. The third kappa shape index (κ3) is 17.6. The van der Waals surface area contributed by atoms with Crippen molar-refractivity contribution in [3.05, 3.63) is 0 Å². The molecule has 4 unspecified atom stereocenters. The molecule has 0 aromatic heterocycles. The van der Waals surface area contributed by atoms with Crippen LogP contribution in [0.5, 0.6) is 0 Å². The van der Waals surface area contributed by atoms with E-state index in [2.05, 4.69) is 27.7 Å². The van der Waals surface area contributed by atoms with E-state index in [0.29, 0.717) is 0 Å². The average molecular weight is 663 g/mol. The first kappa shape index (κ1) is 33.9. The molecule has 0 spiro atoms. The van der Waals surface area contributed by atoms with Crippen LogP contribution >= 0.6 is 0 Å². The molecule has 0 aromatic rings. The minimum Gasteiger partial charge on any atom is -0.0776 e. The minimum atomic E-state index is 0. The Morgan fingerprint density at radius 1 is 0.476 bits per heavy atom. The van der Waals surface area contributed by atoms with E-state index in [1.165, 1.54) is 38.5 Å². The van der Waals surface area contributed by atoms with Gasteiger partial charge in [0.2, 0.25) is 0 Å². The van der Waals surface area contributed by atoms with Crippen molar-refractivity contribution < 1.29 is 42.1 Å². The molecule has 0 bridgehead atoms. The summed E-state index contributed by atoms with van der Waals surface area (Å²) in [7, 11) is 0. The molecule has 0 radical (unpaired) electrons. The summed E-state index contributed by atoms with van der Waals surface area (Å²) in [4.78, 5) is 0. The van der Waals surface area contributed by atoms with Crippen molar-refractivity contribution in [2.24, 2.45) is 23.7 Å². The van der Waals surface area contributed by atoms with E-state index in [9.17, 15) is 0 Å². The van der Waals surface area contributed by atoms with Crippen LogP contribution in [0, 0.1) is 23.7 Å². The molecular weight excluding hydrogens is 618 g/mol. The summed E-state index contributed by atoms with van der Waals surface area (Å²) in [5.74, 6) is 4.06. The first-order valence-corrected chi connectivity index (χ1v) is 8.61. The molecule has 0 saturated heterocycles. The Morgan fingerprint density at radius 2 is 0.619 bits per heavy atom. The fourth-order valence-electron chi connectivity index (χ4n) is 2.66. The average Bonchev–Trinajstić information content (AvgIpc) is 2.96. The maximum atomic E-state index is 2.36. The molecule has 2 aliphatic rings. The van der Waals surface area contributed by atoms with Crippen molar-refractivity contribution in [3.8, 4) is 0 Å². The summed E-state index contributed by atoms with van der Waals surface area (Å²) in [6.45, 7) is 17.4. The summed E-state index contributed by atoms with van der Waals surface area (Å²) in [5.41, 5.74) is 0. The first-order chi connectivity index (χ1) is 8.61. The summed E-state index contributed by atoms with van der Waals surface area (Å²) in [5, 5.41) is 0. The summed E-state index contributed by atoms with van der Waals surface area (Å²) < 4.78 is 0. The van der Waals surface area contributed by atoms with Crippen molar-refractivity contribution in [2.45, 2.75) is 101 Å². The normalized spacial score (nSPS) is 28.6. The largest absolute Gasteiger partial charge is 0.0776 e. The predicted octanol–water partition coefficient (Wildman–Crippen LogP) is 7.57.